The first-order chi connectivity index (χ1) is 13.6. The number of amides is 1. The molecule has 0 bridgehead atoms. The summed E-state index contributed by atoms with van der Waals surface area (Å²) >= 11 is 3.39. The molecule has 29 heavy (non-hydrogen) atoms. The molecule has 1 aromatic carbocycles. The lowest BCUT2D eigenvalue weighted by Gasteiger charge is -2.27. The maximum Gasteiger partial charge on any atom is 0.410 e. The number of carbonyl (C=O) groups excluding carboxylic acids is 1. The van der Waals surface area contributed by atoms with Gasteiger partial charge in [-0.25, -0.2) is 9.78 Å². The molecule has 2 aromatic rings. The molecule has 1 saturated heterocycles. The highest BCUT2D eigenvalue weighted by Gasteiger charge is 2.38. The highest BCUT2D eigenvalue weighted by Crippen LogP contribution is 2.35. The van der Waals surface area contributed by atoms with Gasteiger partial charge in [0.25, 0.3) is 0 Å². The van der Waals surface area contributed by atoms with E-state index in [4.69, 9.17) is 4.74 Å². The van der Waals surface area contributed by atoms with Crippen LogP contribution in [-0.2, 0) is 4.74 Å². The number of fused-ring (bicyclic) bond motifs is 1. The van der Waals surface area contributed by atoms with Crippen molar-refractivity contribution in [2.75, 3.05) is 18.5 Å². The fourth-order valence-electron chi connectivity index (χ4n) is 3.39. The molecular formula is C19H23BrN4O5. The van der Waals surface area contributed by atoms with Gasteiger partial charge in [-0.3, -0.25) is 10.1 Å². The number of ether oxygens (including phenoxy) is 1. The third kappa shape index (κ3) is 4.76. The molecule has 0 saturated carbocycles. The number of nitro groups is 1. The van der Waals surface area contributed by atoms with Gasteiger partial charge in [0.1, 0.15) is 17.5 Å². The minimum Gasteiger partial charge on any atom is -0.444 e. The second-order valence-electron chi connectivity index (χ2n) is 7.98. The number of hydrogen-bond acceptors (Lipinski definition) is 7. The van der Waals surface area contributed by atoms with Crippen LogP contribution in [0.15, 0.2) is 28.9 Å². The van der Waals surface area contributed by atoms with Gasteiger partial charge in [0, 0.05) is 22.4 Å². The highest BCUT2D eigenvalue weighted by atomic mass is 79.9. The molecular weight excluding hydrogens is 444 g/mol. The van der Waals surface area contributed by atoms with E-state index in [0.29, 0.717) is 23.0 Å². The number of carbonyl (C=O) groups is 1. The summed E-state index contributed by atoms with van der Waals surface area (Å²) in [7, 11) is 0. The van der Waals surface area contributed by atoms with Crippen LogP contribution < -0.4 is 5.32 Å². The Balaban J connectivity index is 1.91. The molecule has 1 aliphatic heterocycles. The second kappa shape index (κ2) is 8.11. The molecule has 0 radical (unpaired) electrons. The summed E-state index contributed by atoms with van der Waals surface area (Å²) in [6.07, 6.45) is 1.14. The third-order valence-corrected chi connectivity index (χ3v) is 5.10. The zero-order valence-electron chi connectivity index (χ0n) is 16.4. The molecule has 156 valence electrons. The molecule has 1 aromatic heterocycles. The number of benzene rings is 1. The Labute approximate surface area is 176 Å². The van der Waals surface area contributed by atoms with Crippen molar-refractivity contribution in [3.05, 3.63) is 39.0 Å². The summed E-state index contributed by atoms with van der Waals surface area (Å²) in [5.74, 6) is 0. The van der Waals surface area contributed by atoms with E-state index in [1.165, 1.54) is 11.1 Å². The number of nitrogens with one attached hydrogen (secondary N) is 1. The number of likely N-dealkylation sites (tertiary alicyclic amines) is 1. The van der Waals surface area contributed by atoms with Crippen LogP contribution in [0, 0.1) is 10.1 Å². The van der Waals surface area contributed by atoms with Gasteiger partial charge in [-0.1, -0.05) is 15.9 Å². The minimum absolute atomic E-state index is 0.146. The lowest BCUT2D eigenvalue weighted by atomic mass is 10.1. The molecule has 0 spiro atoms. The number of hydrogen-bond donors (Lipinski definition) is 2. The first-order valence-electron chi connectivity index (χ1n) is 9.18. The molecule has 1 aliphatic rings. The quantitative estimate of drug-likeness (QED) is 0.520. The van der Waals surface area contributed by atoms with E-state index in [2.05, 4.69) is 26.2 Å². The number of halogens is 1. The first kappa shape index (κ1) is 21.3. The lowest BCUT2D eigenvalue weighted by Crippen LogP contribution is -2.41. The van der Waals surface area contributed by atoms with Crippen LogP contribution in [0.2, 0.25) is 0 Å². The Kier molecular flexibility index (Phi) is 5.95. The summed E-state index contributed by atoms with van der Waals surface area (Å²) in [4.78, 5) is 29.2. The summed E-state index contributed by atoms with van der Waals surface area (Å²) < 4.78 is 6.19. The standard InChI is InChI=1S/C19H23BrN4O5/c1-19(2,3)29-18(26)23-9-12(7-13(23)10-25)22-17-14-6-11(20)4-5-15(14)21-8-16(17)24(27)28/h4-6,8,12-13,25H,7,9-10H2,1-3H3,(H,21,22)/t12-,13+/m1/s1. The van der Waals surface area contributed by atoms with Crippen molar-refractivity contribution in [2.24, 2.45) is 0 Å². The fourth-order valence-corrected chi connectivity index (χ4v) is 3.75. The number of aromatic nitrogens is 1. The van der Waals surface area contributed by atoms with Crippen LogP contribution in [-0.4, -0.2) is 56.8 Å². The predicted molar refractivity (Wildman–Crippen MR) is 112 cm³/mol. The Morgan fingerprint density at radius 3 is 2.83 bits per heavy atom. The largest absolute Gasteiger partial charge is 0.444 e. The van der Waals surface area contributed by atoms with E-state index in [1.54, 1.807) is 32.9 Å². The molecule has 10 heteroatoms. The van der Waals surface area contributed by atoms with Gasteiger partial charge in [-0.2, -0.15) is 0 Å². The zero-order valence-corrected chi connectivity index (χ0v) is 18.0. The molecule has 2 N–H and O–H groups in total. The normalized spacial score (nSPS) is 19.4. The van der Waals surface area contributed by atoms with Crippen molar-refractivity contribution < 1.29 is 19.6 Å². The number of nitrogens with zero attached hydrogens (tertiary/aromatic N) is 3. The number of pyridine rings is 1. The summed E-state index contributed by atoms with van der Waals surface area (Å²) in [6, 6.07) is 4.63. The Morgan fingerprint density at radius 1 is 1.48 bits per heavy atom. The van der Waals surface area contributed by atoms with Crippen molar-refractivity contribution in [3.63, 3.8) is 0 Å². The van der Waals surface area contributed by atoms with Crippen LogP contribution in [0.3, 0.4) is 0 Å². The van der Waals surface area contributed by atoms with Crippen LogP contribution in [0.25, 0.3) is 10.9 Å². The van der Waals surface area contributed by atoms with Crippen molar-refractivity contribution >= 4 is 44.3 Å². The zero-order chi connectivity index (χ0) is 21.3. The number of aliphatic hydroxyl groups is 1. The average Bonchev–Trinajstić information content (AvgIpc) is 3.03. The van der Waals surface area contributed by atoms with E-state index in [9.17, 15) is 20.0 Å². The molecule has 1 amide bonds. The minimum atomic E-state index is -0.658. The number of anilines is 1. The Morgan fingerprint density at radius 2 is 2.21 bits per heavy atom. The molecule has 2 heterocycles. The molecule has 0 aliphatic carbocycles. The van der Waals surface area contributed by atoms with E-state index in [0.717, 1.165) is 4.47 Å². The summed E-state index contributed by atoms with van der Waals surface area (Å²) in [5.41, 5.74) is 0.150. The van der Waals surface area contributed by atoms with Gasteiger partial charge in [0.05, 0.1) is 23.1 Å². The van der Waals surface area contributed by atoms with Gasteiger partial charge >= 0.3 is 11.8 Å². The maximum absolute atomic E-state index is 12.5. The summed E-state index contributed by atoms with van der Waals surface area (Å²) in [5, 5.41) is 25.1. The van der Waals surface area contributed by atoms with Crippen LogP contribution in [0.1, 0.15) is 27.2 Å². The van der Waals surface area contributed by atoms with Crippen LogP contribution in [0.5, 0.6) is 0 Å². The molecule has 0 unspecified atom stereocenters. The SMILES string of the molecule is CC(C)(C)OC(=O)N1C[C@H](Nc2c([N+](=O)[O-])cnc3ccc(Br)cc23)C[C@H]1CO. The molecule has 2 atom stereocenters. The van der Waals surface area contributed by atoms with Gasteiger partial charge in [-0.05, 0) is 45.4 Å². The van der Waals surface area contributed by atoms with Gasteiger partial charge in [0.2, 0.25) is 0 Å². The van der Waals surface area contributed by atoms with Crippen molar-refractivity contribution in [1.82, 2.24) is 9.88 Å². The number of aliphatic hydroxyl groups excluding tert-OH is 1. The lowest BCUT2D eigenvalue weighted by molar-refractivity contribution is -0.384. The van der Waals surface area contributed by atoms with Crippen molar-refractivity contribution in [3.8, 4) is 0 Å². The monoisotopic (exact) mass is 466 g/mol. The maximum atomic E-state index is 12.5. The van der Waals surface area contributed by atoms with Crippen molar-refractivity contribution in [2.45, 2.75) is 44.9 Å². The van der Waals surface area contributed by atoms with E-state index < -0.39 is 22.7 Å². The Bertz CT molecular complexity index is 946. The van der Waals surface area contributed by atoms with Crippen LogP contribution in [0.4, 0.5) is 16.2 Å². The second-order valence-corrected chi connectivity index (χ2v) is 8.90. The van der Waals surface area contributed by atoms with Crippen LogP contribution >= 0.6 is 15.9 Å². The summed E-state index contributed by atoms with van der Waals surface area (Å²) in [6.45, 7) is 5.36. The number of rotatable bonds is 4. The fraction of sp³-hybridized carbons (Fsp3) is 0.474. The predicted octanol–water partition coefficient (Wildman–Crippen LogP) is 3.69. The topological polar surface area (TPSA) is 118 Å². The molecule has 1 fully saturated rings. The van der Waals surface area contributed by atoms with E-state index in [-0.39, 0.29) is 24.9 Å². The smallest absolute Gasteiger partial charge is 0.410 e. The van der Waals surface area contributed by atoms with Gasteiger partial charge < -0.3 is 20.1 Å². The van der Waals surface area contributed by atoms with Gasteiger partial charge in [0.15, 0.2) is 0 Å². The Hall–Kier alpha value is -2.46. The first-order valence-corrected chi connectivity index (χ1v) is 9.98. The highest BCUT2D eigenvalue weighted by molar-refractivity contribution is 9.10. The van der Waals surface area contributed by atoms with Crippen molar-refractivity contribution in [1.29, 1.82) is 0 Å². The molecule has 3 rings (SSSR count). The van der Waals surface area contributed by atoms with Gasteiger partial charge in [-0.15, -0.1) is 0 Å². The third-order valence-electron chi connectivity index (χ3n) is 4.61. The van der Waals surface area contributed by atoms with E-state index in [1.807, 2.05) is 6.07 Å². The van der Waals surface area contributed by atoms with E-state index >= 15 is 0 Å². The average molecular weight is 467 g/mol. The molecule has 9 nitrogen and oxygen atoms in total.